The van der Waals surface area contributed by atoms with Crippen LogP contribution in [0, 0.1) is 5.41 Å². The number of hydrogen-bond donors (Lipinski definition) is 1. The van der Waals surface area contributed by atoms with Crippen LogP contribution in [0.2, 0.25) is 0 Å². The van der Waals surface area contributed by atoms with Crippen molar-refractivity contribution in [1.29, 1.82) is 0 Å². The van der Waals surface area contributed by atoms with E-state index in [0.29, 0.717) is 12.6 Å². The lowest BCUT2D eigenvalue weighted by atomic mass is 9.88. The Morgan fingerprint density at radius 3 is 2.50 bits per heavy atom. The number of carbonyl (C=O) groups excluding carboxylic acids is 1. The minimum Gasteiger partial charge on any atom is -0.395 e. The summed E-state index contributed by atoms with van der Waals surface area (Å²) in [5, 5.41) is 9.11. The van der Waals surface area contributed by atoms with E-state index in [2.05, 4.69) is 11.8 Å². The molecule has 0 saturated heterocycles. The molecule has 0 bridgehead atoms. The molecule has 0 aromatic carbocycles. The van der Waals surface area contributed by atoms with Gasteiger partial charge in [0.1, 0.15) is 6.29 Å². The van der Waals surface area contributed by atoms with Crippen LogP contribution in [-0.2, 0) is 4.79 Å². The third-order valence-corrected chi connectivity index (χ3v) is 3.88. The summed E-state index contributed by atoms with van der Waals surface area (Å²) in [6.45, 7) is 5.75. The molecule has 0 amide bonds. The molecule has 1 atom stereocenters. The van der Waals surface area contributed by atoms with Gasteiger partial charge in [0.25, 0.3) is 0 Å². The van der Waals surface area contributed by atoms with Crippen molar-refractivity contribution in [2.24, 2.45) is 5.41 Å². The van der Waals surface area contributed by atoms with Crippen molar-refractivity contribution in [2.75, 3.05) is 19.7 Å². The fraction of sp³-hybridized carbons (Fsp3) is 0.923. The fourth-order valence-corrected chi connectivity index (χ4v) is 2.48. The third-order valence-electron chi connectivity index (χ3n) is 3.88. The Hall–Kier alpha value is -0.410. The predicted octanol–water partition coefficient (Wildman–Crippen LogP) is 1.84. The largest absolute Gasteiger partial charge is 0.395 e. The second-order valence-corrected chi connectivity index (χ2v) is 5.26. The molecule has 0 aromatic heterocycles. The number of aliphatic hydroxyl groups excluding tert-OH is 1. The van der Waals surface area contributed by atoms with Gasteiger partial charge in [-0.15, -0.1) is 0 Å². The molecule has 0 heterocycles. The standard InChI is InChI=1S/C13H25NO2/c1-3-13(2,11-16)10-14(8-9-15)12-6-4-5-7-12/h11-12,15H,3-10H2,1-2H3. The lowest BCUT2D eigenvalue weighted by Crippen LogP contribution is -2.43. The van der Waals surface area contributed by atoms with Crippen LogP contribution in [0.4, 0.5) is 0 Å². The van der Waals surface area contributed by atoms with E-state index in [1.165, 1.54) is 25.7 Å². The molecule has 3 heteroatoms. The van der Waals surface area contributed by atoms with Gasteiger partial charge in [0.2, 0.25) is 0 Å². The van der Waals surface area contributed by atoms with Gasteiger partial charge < -0.3 is 9.90 Å². The molecule has 1 fully saturated rings. The summed E-state index contributed by atoms with van der Waals surface area (Å²) in [6, 6.07) is 0.581. The molecule has 3 nitrogen and oxygen atoms in total. The molecule has 0 radical (unpaired) electrons. The maximum atomic E-state index is 11.1. The topological polar surface area (TPSA) is 40.5 Å². The number of hydrogen-bond acceptors (Lipinski definition) is 3. The number of carbonyl (C=O) groups is 1. The van der Waals surface area contributed by atoms with Gasteiger partial charge in [0.15, 0.2) is 0 Å². The predicted molar refractivity (Wildman–Crippen MR) is 65.4 cm³/mol. The van der Waals surface area contributed by atoms with Crippen LogP contribution >= 0.6 is 0 Å². The van der Waals surface area contributed by atoms with Gasteiger partial charge >= 0.3 is 0 Å². The SMILES string of the molecule is CCC(C)(C=O)CN(CCO)C1CCCC1. The first-order valence-corrected chi connectivity index (χ1v) is 6.46. The van der Waals surface area contributed by atoms with Gasteiger partial charge in [-0.3, -0.25) is 4.90 Å². The molecular formula is C13H25NO2. The third kappa shape index (κ3) is 3.56. The smallest absolute Gasteiger partial charge is 0.127 e. The van der Waals surface area contributed by atoms with E-state index in [4.69, 9.17) is 5.11 Å². The van der Waals surface area contributed by atoms with Crippen molar-refractivity contribution in [3.8, 4) is 0 Å². The minimum absolute atomic E-state index is 0.190. The molecule has 16 heavy (non-hydrogen) atoms. The van der Waals surface area contributed by atoms with Crippen molar-refractivity contribution in [3.63, 3.8) is 0 Å². The molecule has 1 aliphatic rings. The van der Waals surface area contributed by atoms with E-state index in [1.807, 2.05) is 6.92 Å². The van der Waals surface area contributed by atoms with Crippen LogP contribution < -0.4 is 0 Å². The molecule has 0 aromatic rings. The summed E-state index contributed by atoms with van der Waals surface area (Å²) in [5.41, 5.74) is -0.252. The van der Waals surface area contributed by atoms with Crippen LogP contribution in [0.25, 0.3) is 0 Å². The molecule has 1 saturated carbocycles. The Bertz CT molecular complexity index is 214. The number of nitrogens with zero attached hydrogens (tertiary/aromatic N) is 1. The Kier molecular flexibility index (Phi) is 5.42. The average molecular weight is 227 g/mol. The van der Waals surface area contributed by atoms with Gasteiger partial charge in [-0.25, -0.2) is 0 Å². The molecule has 1 rings (SSSR count). The van der Waals surface area contributed by atoms with Gasteiger partial charge in [0.05, 0.1) is 6.61 Å². The second-order valence-electron chi connectivity index (χ2n) is 5.26. The molecule has 94 valence electrons. The van der Waals surface area contributed by atoms with E-state index in [9.17, 15) is 4.79 Å². The van der Waals surface area contributed by atoms with Gasteiger partial charge in [0, 0.05) is 24.5 Å². The Morgan fingerprint density at radius 2 is 2.06 bits per heavy atom. The molecule has 1 unspecified atom stereocenters. The monoisotopic (exact) mass is 227 g/mol. The zero-order valence-corrected chi connectivity index (χ0v) is 10.6. The molecule has 0 aliphatic heterocycles. The first-order valence-electron chi connectivity index (χ1n) is 6.46. The van der Waals surface area contributed by atoms with E-state index < -0.39 is 0 Å². The van der Waals surface area contributed by atoms with E-state index >= 15 is 0 Å². The molecule has 0 spiro atoms. The van der Waals surface area contributed by atoms with Crippen LogP contribution in [0.5, 0.6) is 0 Å². The summed E-state index contributed by atoms with van der Waals surface area (Å²) in [6.07, 6.45) is 6.96. The summed E-state index contributed by atoms with van der Waals surface area (Å²) in [5.74, 6) is 0. The lowest BCUT2D eigenvalue weighted by molar-refractivity contribution is -0.117. The van der Waals surface area contributed by atoms with Crippen LogP contribution in [0.15, 0.2) is 0 Å². The summed E-state index contributed by atoms with van der Waals surface area (Å²) < 4.78 is 0. The fourth-order valence-electron chi connectivity index (χ4n) is 2.48. The summed E-state index contributed by atoms with van der Waals surface area (Å²) in [4.78, 5) is 13.4. The zero-order chi connectivity index (χ0) is 12.0. The van der Waals surface area contributed by atoms with Gasteiger partial charge in [-0.1, -0.05) is 26.7 Å². The maximum absolute atomic E-state index is 11.1. The maximum Gasteiger partial charge on any atom is 0.127 e. The highest BCUT2D eigenvalue weighted by Crippen LogP contribution is 2.27. The molecule has 1 aliphatic carbocycles. The Morgan fingerprint density at radius 1 is 1.44 bits per heavy atom. The first-order chi connectivity index (χ1) is 7.65. The van der Waals surface area contributed by atoms with Crippen molar-refractivity contribution in [1.82, 2.24) is 4.90 Å². The van der Waals surface area contributed by atoms with Crippen molar-refractivity contribution < 1.29 is 9.90 Å². The highest BCUT2D eigenvalue weighted by Gasteiger charge is 2.29. The Labute approximate surface area is 98.8 Å². The van der Waals surface area contributed by atoms with E-state index in [-0.39, 0.29) is 12.0 Å². The summed E-state index contributed by atoms with van der Waals surface area (Å²) in [7, 11) is 0. The Balaban J connectivity index is 2.58. The van der Waals surface area contributed by atoms with E-state index in [0.717, 1.165) is 19.3 Å². The zero-order valence-electron chi connectivity index (χ0n) is 10.6. The van der Waals surface area contributed by atoms with Crippen LogP contribution in [-0.4, -0.2) is 42.0 Å². The number of rotatable bonds is 7. The normalized spacial score (nSPS) is 21.2. The van der Waals surface area contributed by atoms with Gasteiger partial charge in [-0.2, -0.15) is 0 Å². The first kappa shape index (κ1) is 13.7. The highest BCUT2D eigenvalue weighted by atomic mass is 16.3. The quantitative estimate of drug-likeness (QED) is 0.675. The highest BCUT2D eigenvalue weighted by molar-refractivity contribution is 5.58. The van der Waals surface area contributed by atoms with E-state index in [1.54, 1.807) is 0 Å². The van der Waals surface area contributed by atoms with Gasteiger partial charge in [-0.05, 0) is 19.3 Å². The molecular weight excluding hydrogens is 202 g/mol. The average Bonchev–Trinajstić information content (AvgIpc) is 2.82. The van der Waals surface area contributed by atoms with Crippen LogP contribution in [0.3, 0.4) is 0 Å². The lowest BCUT2D eigenvalue weighted by Gasteiger charge is -2.34. The summed E-state index contributed by atoms with van der Waals surface area (Å²) >= 11 is 0. The minimum atomic E-state index is -0.252. The van der Waals surface area contributed by atoms with Crippen molar-refractivity contribution in [3.05, 3.63) is 0 Å². The van der Waals surface area contributed by atoms with Crippen molar-refractivity contribution in [2.45, 2.75) is 52.0 Å². The number of aldehydes is 1. The van der Waals surface area contributed by atoms with Crippen LogP contribution in [0.1, 0.15) is 46.0 Å². The second kappa shape index (κ2) is 6.36. The molecule has 1 N–H and O–H groups in total. The number of aliphatic hydroxyl groups is 1. The van der Waals surface area contributed by atoms with Crippen molar-refractivity contribution >= 4 is 6.29 Å².